The van der Waals surface area contributed by atoms with Gasteiger partial charge in [-0.3, -0.25) is 15.0 Å². The normalized spacial score (nSPS) is 15.3. The minimum Gasteiger partial charge on any atom is -0.497 e. The van der Waals surface area contributed by atoms with E-state index in [-0.39, 0.29) is 17.9 Å². The summed E-state index contributed by atoms with van der Waals surface area (Å²) in [6.07, 6.45) is 5.70. The molecule has 216 valence electrons. The van der Waals surface area contributed by atoms with Gasteiger partial charge >= 0.3 is 0 Å². The number of hydroxylamine groups is 1. The van der Waals surface area contributed by atoms with Gasteiger partial charge in [0.1, 0.15) is 23.2 Å². The first-order valence-electron chi connectivity index (χ1n) is 13.6. The van der Waals surface area contributed by atoms with E-state index in [9.17, 15) is 23.2 Å². The van der Waals surface area contributed by atoms with Crippen LogP contribution in [0.5, 0.6) is 5.75 Å². The van der Waals surface area contributed by atoms with Gasteiger partial charge in [-0.25, -0.2) is 18.7 Å². The number of amides is 1. The van der Waals surface area contributed by atoms with E-state index in [0.717, 1.165) is 40.7 Å². The van der Waals surface area contributed by atoms with Crippen molar-refractivity contribution in [1.29, 1.82) is 0 Å². The molecule has 40 heavy (non-hydrogen) atoms. The SMILES string of the molecule is COc1ccc2ncc(N(C)C)c(CCCC3(C(=O)NO)CCN(CCCc4c(F)cc(F)cc4F)CC3)c2c1. The average Bonchev–Trinajstić information content (AvgIpc) is 2.94. The topological polar surface area (TPSA) is 77.9 Å². The number of likely N-dealkylation sites (tertiary alicyclic amines) is 1. The zero-order valence-electron chi connectivity index (χ0n) is 23.3. The first-order chi connectivity index (χ1) is 19.2. The summed E-state index contributed by atoms with van der Waals surface area (Å²) in [5.41, 5.74) is 4.08. The van der Waals surface area contributed by atoms with Crippen LogP contribution in [0.2, 0.25) is 0 Å². The Morgan fingerprint density at radius 3 is 2.38 bits per heavy atom. The highest BCUT2D eigenvalue weighted by Gasteiger charge is 2.40. The zero-order valence-corrected chi connectivity index (χ0v) is 23.3. The van der Waals surface area contributed by atoms with Crippen molar-refractivity contribution in [1.82, 2.24) is 15.4 Å². The number of carbonyl (C=O) groups is 1. The monoisotopic (exact) mass is 558 g/mol. The maximum Gasteiger partial charge on any atom is 0.249 e. The van der Waals surface area contributed by atoms with Gasteiger partial charge in [0.05, 0.1) is 29.9 Å². The third kappa shape index (κ3) is 6.50. The van der Waals surface area contributed by atoms with E-state index in [4.69, 9.17) is 4.74 Å². The molecule has 2 N–H and O–H groups in total. The number of nitrogens with zero attached hydrogens (tertiary/aromatic N) is 3. The van der Waals surface area contributed by atoms with Crippen LogP contribution in [0.4, 0.5) is 18.9 Å². The molecule has 10 heteroatoms. The number of piperidine rings is 1. The first-order valence-corrected chi connectivity index (χ1v) is 13.6. The van der Waals surface area contributed by atoms with Gasteiger partial charge in [-0.1, -0.05) is 0 Å². The summed E-state index contributed by atoms with van der Waals surface area (Å²) in [4.78, 5) is 21.7. The Morgan fingerprint density at radius 1 is 1.07 bits per heavy atom. The Morgan fingerprint density at radius 2 is 1.75 bits per heavy atom. The van der Waals surface area contributed by atoms with Crippen LogP contribution in [0.1, 0.15) is 43.2 Å². The Labute approximate surface area is 232 Å². The zero-order chi connectivity index (χ0) is 28.9. The molecule has 0 aliphatic carbocycles. The standard InChI is InChI=1S/C30H37F3N4O3/c1-36(2)28-19-34-27-9-8-21(40-3)18-24(27)22(28)6-4-10-30(29(38)35-39)11-14-37(15-12-30)13-5-7-23-25(32)16-20(31)17-26(23)33/h8-9,16-19,39H,4-7,10-15H2,1-3H3,(H,35,38). The number of methoxy groups -OCH3 is 1. The fraction of sp³-hybridized carbons (Fsp3) is 0.467. The van der Waals surface area contributed by atoms with Crippen LogP contribution in [-0.4, -0.2) is 61.8 Å². The van der Waals surface area contributed by atoms with E-state index < -0.39 is 22.9 Å². The molecule has 0 unspecified atom stereocenters. The number of rotatable bonds is 11. The number of fused-ring (bicyclic) bond motifs is 1. The number of hydrogen-bond donors (Lipinski definition) is 2. The number of hydrogen-bond acceptors (Lipinski definition) is 6. The average molecular weight is 559 g/mol. The second-order valence-electron chi connectivity index (χ2n) is 10.8. The number of aromatic nitrogens is 1. The minimum atomic E-state index is -0.928. The van der Waals surface area contributed by atoms with Crippen molar-refractivity contribution in [3.63, 3.8) is 0 Å². The molecule has 1 amide bonds. The lowest BCUT2D eigenvalue weighted by Gasteiger charge is -2.40. The van der Waals surface area contributed by atoms with Crippen molar-refractivity contribution in [3.05, 3.63) is 65.1 Å². The molecular formula is C30H37F3N4O3. The van der Waals surface area contributed by atoms with Gasteiger partial charge in [-0.2, -0.15) is 0 Å². The highest BCUT2D eigenvalue weighted by molar-refractivity contribution is 5.88. The fourth-order valence-corrected chi connectivity index (χ4v) is 5.80. The Bertz CT molecular complexity index is 1320. The predicted molar refractivity (Wildman–Crippen MR) is 148 cm³/mol. The van der Waals surface area contributed by atoms with Crippen LogP contribution in [0.25, 0.3) is 10.9 Å². The molecule has 1 aliphatic heterocycles. The van der Waals surface area contributed by atoms with E-state index in [1.165, 1.54) is 0 Å². The molecule has 0 bridgehead atoms. The van der Waals surface area contributed by atoms with E-state index in [0.29, 0.717) is 57.5 Å². The minimum absolute atomic E-state index is 0.106. The summed E-state index contributed by atoms with van der Waals surface area (Å²) in [6.45, 7) is 1.85. The number of nitrogens with one attached hydrogen (secondary N) is 1. The number of halogens is 3. The smallest absolute Gasteiger partial charge is 0.249 e. The Kier molecular flexibility index (Phi) is 9.52. The van der Waals surface area contributed by atoms with E-state index in [1.807, 2.05) is 48.9 Å². The van der Waals surface area contributed by atoms with Crippen molar-refractivity contribution in [3.8, 4) is 5.75 Å². The van der Waals surface area contributed by atoms with E-state index in [2.05, 4.69) is 9.88 Å². The van der Waals surface area contributed by atoms with Crippen LogP contribution in [0.15, 0.2) is 36.5 Å². The maximum atomic E-state index is 14.0. The van der Waals surface area contributed by atoms with Crippen LogP contribution < -0.4 is 15.1 Å². The summed E-state index contributed by atoms with van der Waals surface area (Å²) in [6, 6.07) is 7.21. The van der Waals surface area contributed by atoms with Crippen molar-refractivity contribution < 1.29 is 27.9 Å². The number of anilines is 1. The van der Waals surface area contributed by atoms with E-state index in [1.54, 1.807) is 7.11 Å². The summed E-state index contributed by atoms with van der Waals surface area (Å²) < 4.78 is 46.6. The highest BCUT2D eigenvalue weighted by Crippen LogP contribution is 2.38. The molecule has 1 fully saturated rings. The molecule has 0 saturated carbocycles. The van der Waals surface area contributed by atoms with Crippen molar-refractivity contribution in [2.24, 2.45) is 5.41 Å². The van der Waals surface area contributed by atoms with Gasteiger partial charge in [-0.15, -0.1) is 0 Å². The van der Waals surface area contributed by atoms with Crippen LogP contribution in [0, 0.1) is 22.9 Å². The molecule has 2 heterocycles. The second kappa shape index (κ2) is 12.9. The van der Waals surface area contributed by atoms with E-state index >= 15 is 0 Å². The molecule has 1 aromatic heterocycles. The predicted octanol–water partition coefficient (Wildman–Crippen LogP) is 5.27. The number of pyridine rings is 1. The molecule has 7 nitrogen and oxygen atoms in total. The number of aryl methyl sites for hydroxylation is 1. The number of ether oxygens (including phenoxy) is 1. The van der Waals surface area contributed by atoms with Crippen molar-refractivity contribution in [2.45, 2.75) is 44.9 Å². The fourth-order valence-electron chi connectivity index (χ4n) is 5.80. The highest BCUT2D eigenvalue weighted by atomic mass is 19.1. The second-order valence-corrected chi connectivity index (χ2v) is 10.8. The number of carbonyl (C=O) groups excluding carboxylic acids is 1. The molecule has 1 saturated heterocycles. The van der Waals surface area contributed by atoms with Gasteiger partial charge in [0.2, 0.25) is 5.91 Å². The molecule has 1 aliphatic rings. The van der Waals surface area contributed by atoms with Gasteiger partial charge in [0.25, 0.3) is 0 Å². The van der Waals surface area contributed by atoms with Gasteiger partial charge in [0.15, 0.2) is 0 Å². The van der Waals surface area contributed by atoms with Crippen LogP contribution in [0.3, 0.4) is 0 Å². The lowest BCUT2D eigenvalue weighted by Crippen LogP contribution is -2.48. The third-order valence-electron chi connectivity index (χ3n) is 8.13. The molecular weight excluding hydrogens is 521 g/mol. The summed E-state index contributed by atoms with van der Waals surface area (Å²) >= 11 is 0. The quantitative estimate of drug-likeness (QED) is 0.247. The van der Waals surface area contributed by atoms with Crippen molar-refractivity contribution >= 4 is 22.5 Å². The summed E-state index contributed by atoms with van der Waals surface area (Å²) in [5.74, 6) is -2.29. The van der Waals surface area contributed by atoms with Gasteiger partial charge in [0, 0.05) is 37.2 Å². The molecule has 0 radical (unpaired) electrons. The molecule has 0 spiro atoms. The Hall–Kier alpha value is -3.37. The lowest BCUT2D eigenvalue weighted by molar-refractivity contribution is -0.143. The largest absolute Gasteiger partial charge is 0.497 e. The van der Waals surface area contributed by atoms with Crippen LogP contribution in [-0.2, 0) is 17.6 Å². The first kappa shape index (κ1) is 29.6. The molecule has 4 rings (SSSR count). The van der Waals surface area contributed by atoms with Crippen molar-refractivity contribution in [2.75, 3.05) is 45.7 Å². The molecule has 0 atom stereocenters. The molecule has 3 aromatic rings. The van der Waals surface area contributed by atoms with Crippen LogP contribution >= 0.6 is 0 Å². The number of benzene rings is 2. The van der Waals surface area contributed by atoms with Gasteiger partial charge in [-0.05, 0) is 88.3 Å². The van der Waals surface area contributed by atoms with Gasteiger partial charge < -0.3 is 14.5 Å². The summed E-state index contributed by atoms with van der Waals surface area (Å²) in [5, 5.41) is 10.6. The maximum absolute atomic E-state index is 14.0. The third-order valence-corrected chi connectivity index (χ3v) is 8.13. The Balaban J connectivity index is 1.40. The molecule has 2 aromatic carbocycles. The summed E-state index contributed by atoms with van der Waals surface area (Å²) in [7, 11) is 5.58. The lowest BCUT2D eigenvalue weighted by atomic mass is 9.73.